The van der Waals surface area contributed by atoms with Crippen LogP contribution in [0, 0.1) is 5.82 Å². The zero-order valence-electron chi connectivity index (χ0n) is 11.3. The van der Waals surface area contributed by atoms with Crippen molar-refractivity contribution >= 4 is 10.9 Å². The molecule has 0 bridgehead atoms. The quantitative estimate of drug-likeness (QED) is 0.764. The molecule has 0 aliphatic rings. The number of benzene rings is 2. The van der Waals surface area contributed by atoms with Gasteiger partial charge in [-0.1, -0.05) is 13.8 Å². The highest BCUT2D eigenvalue weighted by Crippen LogP contribution is 2.31. The van der Waals surface area contributed by atoms with E-state index in [0.29, 0.717) is 0 Å². The van der Waals surface area contributed by atoms with Gasteiger partial charge in [-0.2, -0.15) is 5.10 Å². The Labute approximate surface area is 116 Å². The molecule has 2 aromatic carbocycles. The van der Waals surface area contributed by atoms with Crippen LogP contribution in [0.25, 0.3) is 16.6 Å². The lowest BCUT2D eigenvalue weighted by Crippen LogP contribution is -1.97. The van der Waals surface area contributed by atoms with Gasteiger partial charge in [0.15, 0.2) is 0 Å². The molecule has 20 heavy (non-hydrogen) atoms. The number of aromatic hydroxyl groups is 1. The zero-order valence-corrected chi connectivity index (χ0v) is 11.3. The minimum Gasteiger partial charge on any atom is -0.508 e. The number of rotatable bonds is 2. The van der Waals surface area contributed by atoms with Crippen molar-refractivity contribution in [2.45, 2.75) is 19.8 Å². The normalized spacial score (nSPS) is 11.4. The first-order chi connectivity index (χ1) is 9.56. The van der Waals surface area contributed by atoms with Crippen molar-refractivity contribution in [2.75, 3.05) is 0 Å². The Morgan fingerprint density at radius 2 is 1.85 bits per heavy atom. The molecule has 0 saturated carbocycles. The smallest absolute Gasteiger partial charge is 0.123 e. The first-order valence-electron chi connectivity index (χ1n) is 6.53. The van der Waals surface area contributed by atoms with Crippen LogP contribution < -0.4 is 0 Å². The van der Waals surface area contributed by atoms with Crippen LogP contribution >= 0.6 is 0 Å². The van der Waals surface area contributed by atoms with Gasteiger partial charge in [0.2, 0.25) is 0 Å². The van der Waals surface area contributed by atoms with E-state index in [4.69, 9.17) is 0 Å². The van der Waals surface area contributed by atoms with Gasteiger partial charge in [0.05, 0.1) is 17.4 Å². The monoisotopic (exact) mass is 270 g/mol. The van der Waals surface area contributed by atoms with Crippen LogP contribution in [0.4, 0.5) is 4.39 Å². The van der Waals surface area contributed by atoms with Crippen LogP contribution in [0.3, 0.4) is 0 Å². The fourth-order valence-electron chi connectivity index (χ4n) is 2.33. The number of hydrogen-bond donors (Lipinski definition) is 1. The van der Waals surface area contributed by atoms with Crippen LogP contribution in [0.2, 0.25) is 0 Å². The van der Waals surface area contributed by atoms with Gasteiger partial charge in [0, 0.05) is 5.39 Å². The standard InChI is InChI=1S/C16H15FN2O/c1-10(2)14-8-15-11(7-16(14)20)9-18-19(15)13-5-3-12(17)4-6-13/h3-10,20H,1-2H3. The highest BCUT2D eigenvalue weighted by Gasteiger charge is 2.12. The van der Waals surface area contributed by atoms with E-state index < -0.39 is 0 Å². The van der Waals surface area contributed by atoms with Gasteiger partial charge in [-0.05, 0) is 47.9 Å². The zero-order chi connectivity index (χ0) is 14.3. The molecule has 102 valence electrons. The highest BCUT2D eigenvalue weighted by atomic mass is 19.1. The molecule has 1 aromatic heterocycles. The number of halogens is 1. The topological polar surface area (TPSA) is 38.0 Å². The van der Waals surface area contributed by atoms with Gasteiger partial charge in [0.25, 0.3) is 0 Å². The minimum absolute atomic E-state index is 0.218. The van der Waals surface area contributed by atoms with Crippen LogP contribution in [-0.2, 0) is 0 Å². The maximum Gasteiger partial charge on any atom is 0.123 e. The molecule has 0 atom stereocenters. The van der Waals surface area contributed by atoms with E-state index in [2.05, 4.69) is 5.10 Å². The molecule has 0 aliphatic heterocycles. The molecule has 1 N–H and O–H groups in total. The van der Waals surface area contributed by atoms with E-state index in [9.17, 15) is 9.50 Å². The van der Waals surface area contributed by atoms with E-state index in [1.807, 2.05) is 19.9 Å². The summed E-state index contributed by atoms with van der Waals surface area (Å²) < 4.78 is 14.8. The van der Waals surface area contributed by atoms with Crippen molar-refractivity contribution in [1.82, 2.24) is 9.78 Å². The lowest BCUT2D eigenvalue weighted by molar-refractivity contribution is 0.466. The maximum atomic E-state index is 13.0. The van der Waals surface area contributed by atoms with E-state index in [1.165, 1.54) is 12.1 Å². The van der Waals surface area contributed by atoms with Gasteiger partial charge >= 0.3 is 0 Å². The fraction of sp³-hybridized carbons (Fsp3) is 0.188. The summed E-state index contributed by atoms with van der Waals surface area (Å²) in [4.78, 5) is 0. The minimum atomic E-state index is -0.272. The van der Waals surface area contributed by atoms with Gasteiger partial charge in [0.1, 0.15) is 11.6 Å². The lowest BCUT2D eigenvalue weighted by atomic mass is 10.0. The number of nitrogens with zero attached hydrogens (tertiary/aromatic N) is 2. The molecule has 0 fully saturated rings. The summed E-state index contributed by atoms with van der Waals surface area (Å²) in [6, 6.07) is 9.84. The van der Waals surface area contributed by atoms with E-state index in [0.717, 1.165) is 22.2 Å². The van der Waals surface area contributed by atoms with Crippen molar-refractivity contribution in [3.63, 3.8) is 0 Å². The van der Waals surface area contributed by atoms with Crippen LogP contribution in [0.15, 0.2) is 42.6 Å². The van der Waals surface area contributed by atoms with Crippen molar-refractivity contribution < 1.29 is 9.50 Å². The molecule has 0 radical (unpaired) electrons. The molecular formula is C16H15FN2O. The Morgan fingerprint density at radius 3 is 2.50 bits per heavy atom. The summed E-state index contributed by atoms with van der Waals surface area (Å²) in [7, 11) is 0. The molecular weight excluding hydrogens is 255 g/mol. The van der Waals surface area contributed by atoms with Crippen LogP contribution in [-0.4, -0.2) is 14.9 Å². The van der Waals surface area contributed by atoms with Crippen molar-refractivity contribution in [3.8, 4) is 11.4 Å². The van der Waals surface area contributed by atoms with Gasteiger partial charge in [-0.15, -0.1) is 0 Å². The molecule has 0 aliphatic carbocycles. The third kappa shape index (κ3) is 2.03. The number of phenols is 1. The Hall–Kier alpha value is -2.36. The van der Waals surface area contributed by atoms with Gasteiger partial charge < -0.3 is 5.11 Å². The van der Waals surface area contributed by atoms with E-state index >= 15 is 0 Å². The maximum absolute atomic E-state index is 13.0. The highest BCUT2D eigenvalue weighted by molar-refractivity contribution is 5.83. The second kappa shape index (κ2) is 4.63. The van der Waals surface area contributed by atoms with Gasteiger partial charge in [-0.25, -0.2) is 9.07 Å². The molecule has 0 spiro atoms. The van der Waals surface area contributed by atoms with Crippen molar-refractivity contribution in [1.29, 1.82) is 0 Å². The van der Waals surface area contributed by atoms with Crippen molar-refractivity contribution in [2.24, 2.45) is 0 Å². The predicted octanol–water partition coefficient (Wildman–Crippen LogP) is 3.99. The predicted molar refractivity (Wildman–Crippen MR) is 76.8 cm³/mol. The van der Waals surface area contributed by atoms with Crippen LogP contribution in [0.5, 0.6) is 5.75 Å². The summed E-state index contributed by atoms with van der Waals surface area (Å²) in [5.74, 6) is 0.229. The Morgan fingerprint density at radius 1 is 1.15 bits per heavy atom. The number of phenolic OH excluding ortho intramolecular Hbond substituents is 1. The molecule has 4 heteroatoms. The Bertz CT molecular complexity index is 760. The molecule has 3 nitrogen and oxygen atoms in total. The summed E-state index contributed by atoms with van der Waals surface area (Å²) in [5, 5.41) is 15.2. The number of fused-ring (bicyclic) bond motifs is 1. The average molecular weight is 270 g/mol. The third-order valence-corrected chi connectivity index (χ3v) is 3.41. The molecule has 3 aromatic rings. The van der Waals surface area contributed by atoms with E-state index in [-0.39, 0.29) is 17.5 Å². The number of hydrogen-bond acceptors (Lipinski definition) is 2. The van der Waals surface area contributed by atoms with Crippen molar-refractivity contribution in [3.05, 3.63) is 54.0 Å². The third-order valence-electron chi connectivity index (χ3n) is 3.41. The second-order valence-corrected chi connectivity index (χ2v) is 5.16. The summed E-state index contributed by atoms with van der Waals surface area (Å²) in [6.45, 7) is 4.05. The summed E-state index contributed by atoms with van der Waals surface area (Å²) >= 11 is 0. The molecule has 3 rings (SSSR count). The van der Waals surface area contributed by atoms with Gasteiger partial charge in [-0.3, -0.25) is 0 Å². The first-order valence-corrected chi connectivity index (χ1v) is 6.53. The summed E-state index contributed by atoms with van der Waals surface area (Å²) in [5.41, 5.74) is 2.57. The number of aromatic nitrogens is 2. The average Bonchev–Trinajstić information content (AvgIpc) is 2.81. The SMILES string of the molecule is CC(C)c1cc2c(cnn2-c2ccc(F)cc2)cc1O. The lowest BCUT2D eigenvalue weighted by Gasteiger charge is -2.10. The first kappa shape index (κ1) is 12.7. The molecule has 0 amide bonds. The Balaban J connectivity index is 2.22. The molecule has 0 saturated heterocycles. The molecule has 0 unspecified atom stereocenters. The Kier molecular flexibility index (Phi) is 2.93. The molecule has 1 heterocycles. The second-order valence-electron chi connectivity index (χ2n) is 5.16. The summed E-state index contributed by atoms with van der Waals surface area (Å²) in [6.07, 6.45) is 1.70. The van der Waals surface area contributed by atoms with Crippen LogP contribution in [0.1, 0.15) is 25.3 Å². The van der Waals surface area contributed by atoms with E-state index in [1.54, 1.807) is 29.1 Å². The fourth-order valence-corrected chi connectivity index (χ4v) is 2.33. The largest absolute Gasteiger partial charge is 0.508 e.